The Hall–Kier alpha value is -1.15. The Balaban J connectivity index is 2.26. The number of benzene rings is 1. The van der Waals surface area contributed by atoms with Crippen molar-refractivity contribution in [1.82, 2.24) is 9.62 Å². The van der Waals surface area contributed by atoms with Crippen molar-refractivity contribution in [3.05, 3.63) is 28.8 Å². The smallest absolute Gasteiger partial charge is 0.251 e. The Bertz CT molecular complexity index is 687. The maximum atomic E-state index is 12.8. The molecule has 0 bridgehead atoms. The van der Waals surface area contributed by atoms with Crippen LogP contribution < -0.4 is 5.32 Å². The van der Waals surface area contributed by atoms with E-state index in [9.17, 15) is 13.2 Å². The molecule has 0 aromatic heterocycles. The lowest BCUT2D eigenvalue weighted by atomic mass is 10.1. The van der Waals surface area contributed by atoms with E-state index in [1.807, 2.05) is 13.8 Å². The summed E-state index contributed by atoms with van der Waals surface area (Å²) in [6, 6.07) is 4.36. The first-order valence-corrected chi connectivity index (χ1v) is 9.86. The zero-order valence-corrected chi connectivity index (χ0v) is 15.5. The monoisotopic (exact) mass is 374 g/mol. The van der Waals surface area contributed by atoms with Gasteiger partial charge in [-0.3, -0.25) is 4.79 Å². The number of carbonyl (C=O) groups is 1. The Morgan fingerprint density at radius 3 is 2.67 bits per heavy atom. The molecule has 1 aromatic rings. The van der Waals surface area contributed by atoms with E-state index in [-0.39, 0.29) is 40.5 Å². The Kier molecular flexibility index (Phi) is 6.62. The lowest BCUT2D eigenvalue weighted by molar-refractivity contribution is 0.0730. The molecule has 1 aromatic carbocycles. The van der Waals surface area contributed by atoms with Crippen LogP contribution in [0.15, 0.2) is 23.1 Å². The summed E-state index contributed by atoms with van der Waals surface area (Å²) >= 11 is 6.09. The molecule has 0 spiro atoms. The molecule has 134 valence electrons. The fourth-order valence-electron chi connectivity index (χ4n) is 2.58. The summed E-state index contributed by atoms with van der Waals surface area (Å²) < 4.78 is 32.0. The van der Waals surface area contributed by atoms with Crippen LogP contribution in [0, 0.1) is 0 Å². The first-order chi connectivity index (χ1) is 11.4. The second-order valence-corrected chi connectivity index (χ2v) is 8.14. The first-order valence-electron chi connectivity index (χ1n) is 8.04. The largest absolute Gasteiger partial charge is 0.379 e. The van der Waals surface area contributed by atoms with Crippen molar-refractivity contribution in [2.45, 2.75) is 37.6 Å². The minimum absolute atomic E-state index is 0.0254. The number of amides is 1. The van der Waals surface area contributed by atoms with Crippen LogP contribution in [-0.4, -0.2) is 51.0 Å². The van der Waals surface area contributed by atoms with E-state index in [1.54, 1.807) is 0 Å². The molecule has 0 radical (unpaired) electrons. The highest BCUT2D eigenvalue weighted by molar-refractivity contribution is 7.89. The number of hydrogen-bond donors (Lipinski definition) is 1. The van der Waals surface area contributed by atoms with Crippen LogP contribution in [0.4, 0.5) is 0 Å². The zero-order valence-electron chi connectivity index (χ0n) is 13.9. The Morgan fingerprint density at radius 1 is 1.38 bits per heavy atom. The van der Waals surface area contributed by atoms with Gasteiger partial charge in [-0.25, -0.2) is 8.42 Å². The van der Waals surface area contributed by atoms with E-state index in [0.29, 0.717) is 13.2 Å². The molecule has 8 heteroatoms. The number of halogens is 1. The summed E-state index contributed by atoms with van der Waals surface area (Å²) in [7, 11) is -3.75. The van der Waals surface area contributed by atoms with Crippen LogP contribution >= 0.6 is 11.6 Å². The summed E-state index contributed by atoms with van der Waals surface area (Å²) in [4.78, 5) is 12.3. The van der Waals surface area contributed by atoms with Crippen molar-refractivity contribution in [3.63, 3.8) is 0 Å². The fraction of sp³-hybridized carbons (Fsp3) is 0.562. The highest BCUT2D eigenvalue weighted by atomic mass is 35.5. The number of ether oxygens (including phenoxy) is 1. The maximum Gasteiger partial charge on any atom is 0.251 e. The number of hydrogen-bond acceptors (Lipinski definition) is 4. The average molecular weight is 375 g/mol. The van der Waals surface area contributed by atoms with Crippen LogP contribution in [0.1, 0.15) is 37.0 Å². The molecular weight excluding hydrogens is 352 g/mol. The maximum absolute atomic E-state index is 12.8. The van der Waals surface area contributed by atoms with Gasteiger partial charge in [0.1, 0.15) is 4.90 Å². The summed E-state index contributed by atoms with van der Waals surface area (Å²) in [6.07, 6.45) is 1.82. The normalized spacial score (nSPS) is 17.5. The number of nitrogens with zero attached hydrogens (tertiary/aromatic N) is 1. The fourth-order valence-corrected chi connectivity index (χ4v) is 4.49. The number of rotatable bonds is 6. The molecular formula is C16H23ClN2O4S. The van der Waals surface area contributed by atoms with E-state index in [1.165, 1.54) is 22.5 Å². The van der Waals surface area contributed by atoms with Gasteiger partial charge in [-0.2, -0.15) is 4.31 Å². The van der Waals surface area contributed by atoms with Crippen LogP contribution in [-0.2, 0) is 14.8 Å². The lowest BCUT2D eigenvalue weighted by Crippen LogP contribution is -2.40. The number of nitrogens with one attached hydrogen (secondary N) is 1. The van der Waals surface area contributed by atoms with Crippen molar-refractivity contribution < 1.29 is 17.9 Å². The van der Waals surface area contributed by atoms with Crippen molar-refractivity contribution >= 4 is 27.5 Å². The standard InChI is InChI=1S/C16H23ClN2O4S/c1-3-4-12(2)18-16(20)13-5-6-14(17)15(11-13)24(21,22)19-7-9-23-10-8-19/h5-6,11-12H,3-4,7-10H2,1-2H3,(H,18,20)/t12-/m0/s1. The summed E-state index contributed by atoms with van der Waals surface area (Å²) in [5, 5.41) is 2.98. The lowest BCUT2D eigenvalue weighted by Gasteiger charge is -2.26. The van der Waals surface area contributed by atoms with E-state index in [2.05, 4.69) is 5.32 Å². The summed E-state index contributed by atoms with van der Waals surface area (Å²) in [6.45, 7) is 5.23. The molecule has 1 aliphatic rings. The second-order valence-electron chi connectivity index (χ2n) is 5.82. The predicted octanol–water partition coefficient (Wildman–Crippen LogP) is 2.28. The van der Waals surface area contributed by atoms with Gasteiger partial charge in [-0.15, -0.1) is 0 Å². The zero-order chi connectivity index (χ0) is 17.7. The summed E-state index contributed by atoms with van der Waals surface area (Å²) in [5.41, 5.74) is 0.286. The van der Waals surface area contributed by atoms with Crippen molar-refractivity contribution in [1.29, 1.82) is 0 Å². The van der Waals surface area contributed by atoms with E-state index in [0.717, 1.165) is 12.8 Å². The molecule has 6 nitrogen and oxygen atoms in total. The quantitative estimate of drug-likeness (QED) is 0.828. The average Bonchev–Trinajstić information content (AvgIpc) is 2.56. The molecule has 1 heterocycles. The van der Waals surface area contributed by atoms with Crippen LogP contribution in [0.3, 0.4) is 0 Å². The predicted molar refractivity (Wildman–Crippen MR) is 92.9 cm³/mol. The molecule has 1 fully saturated rings. The molecule has 0 aliphatic carbocycles. The molecule has 1 amide bonds. The van der Waals surface area contributed by atoms with Gasteiger partial charge in [0.15, 0.2) is 0 Å². The molecule has 24 heavy (non-hydrogen) atoms. The SMILES string of the molecule is CCC[C@H](C)NC(=O)c1ccc(Cl)c(S(=O)(=O)N2CCOCC2)c1. The number of sulfonamides is 1. The van der Waals surface area contributed by atoms with Gasteiger partial charge in [-0.1, -0.05) is 24.9 Å². The molecule has 1 saturated heterocycles. The third-order valence-electron chi connectivity index (χ3n) is 3.88. The number of morpholine rings is 1. The van der Waals surface area contributed by atoms with E-state index in [4.69, 9.17) is 16.3 Å². The van der Waals surface area contributed by atoms with Gasteiger partial charge in [0.2, 0.25) is 10.0 Å². The van der Waals surface area contributed by atoms with E-state index < -0.39 is 10.0 Å². The van der Waals surface area contributed by atoms with E-state index >= 15 is 0 Å². The van der Waals surface area contributed by atoms with Gasteiger partial charge in [-0.05, 0) is 31.5 Å². The van der Waals surface area contributed by atoms with Gasteiger partial charge in [0.05, 0.1) is 18.2 Å². The molecule has 1 aliphatic heterocycles. The third kappa shape index (κ3) is 4.47. The Labute approximate surface area is 148 Å². The summed E-state index contributed by atoms with van der Waals surface area (Å²) in [5.74, 6) is -0.300. The van der Waals surface area contributed by atoms with Gasteiger partial charge < -0.3 is 10.1 Å². The first kappa shape index (κ1) is 19.2. The Morgan fingerprint density at radius 2 is 2.04 bits per heavy atom. The van der Waals surface area contributed by atoms with Gasteiger partial charge in [0, 0.05) is 24.7 Å². The molecule has 1 N–H and O–H groups in total. The van der Waals surface area contributed by atoms with Crippen LogP contribution in [0.25, 0.3) is 0 Å². The molecule has 2 rings (SSSR count). The second kappa shape index (κ2) is 8.29. The van der Waals surface area contributed by atoms with Crippen molar-refractivity contribution in [3.8, 4) is 0 Å². The van der Waals surface area contributed by atoms with Gasteiger partial charge >= 0.3 is 0 Å². The molecule has 1 atom stereocenters. The van der Waals surface area contributed by atoms with Crippen molar-refractivity contribution in [2.24, 2.45) is 0 Å². The molecule has 0 saturated carbocycles. The third-order valence-corrected chi connectivity index (χ3v) is 6.26. The topological polar surface area (TPSA) is 75.7 Å². The highest BCUT2D eigenvalue weighted by Crippen LogP contribution is 2.26. The minimum Gasteiger partial charge on any atom is -0.379 e. The highest BCUT2D eigenvalue weighted by Gasteiger charge is 2.29. The molecule has 0 unspecified atom stereocenters. The van der Waals surface area contributed by atoms with Gasteiger partial charge in [0.25, 0.3) is 5.91 Å². The number of carbonyl (C=O) groups excluding carboxylic acids is 1. The van der Waals surface area contributed by atoms with Crippen LogP contribution in [0.5, 0.6) is 0 Å². The minimum atomic E-state index is -3.75. The van der Waals surface area contributed by atoms with Crippen LogP contribution in [0.2, 0.25) is 5.02 Å². The van der Waals surface area contributed by atoms with Crippen molar-refractivity contribution in [2.75, 3.05) is 26.3 Å².